The Hall–Kier alpha value is -1.36. The minimum Gasteiger partial charge on any atom is -0.378 e. The predicted octanol–water partition coefficient (Wildman–Crippen LogP) is 2.45. The number of ether oxygens (including phenoxy) is 1. The third kappa shape index (κ3) is 3.51. The standard InChI is InChI=1S/C17H27N3O2/c1-13-11-14(2)20(18-13)12-15-5-3-9-19(15)17(21)8-7-16-6-4-10-22-16/h11,15-16H,3-10,12H2,1-2H3/t15-,16-/m1/s1. The average Bonchev–Trinajstić information content (AvgIpc) is 3.20. The van der Waals surface area contributed by atoms with Gasteiger partial charge < -0.3 is 9.64 Å². The van der Waals surface area contributed by atoms with E-state index in [2.05, 4.69) is 23.0 Å². The Bertz CT molecular complexity index is 520. The summed E-state index contributed by atoms with van der Waals surface area (Å²) in [5.41, 5.74) is 2.22. The lowest BCUT2D eigenvalue weighted by molar-refractivity contribution is -0.132. The van der Waals surface area contributed by atoms with Crippen LogP contribution >= 0.6 is 0 Å². The van der Waals surface area contributed by atoms with Crippen molar-refractivity contribution < 1.29 is 9.53 Å². The van der Waals surface area contributed by atoms with Crippen molar-refractivity contribution >= 4 is 5.91 Å². The van der Waals surface area contributed by atoms with E-state index in [9.17, 15) is 4.79 Å². The molecule has 0 spiro atoms. The molecule has 2 atom stereocenters. The van der Waals surface area contributed by atoms with Crippen molar-refractivity contribution in [2.75, 3.05) is 13.2 Å². The first-order chi connectivity index (χ1) is 10.6. The largest absolute Gasteiger partial charge is 0.378 e. The number of hydrogen-bond donors (Lipinski definition) is 0. The third-order valence-corrected chi connectivity index (χ3v) is 4.89. The van der Waals surface area contributed by atoms with Crippen LogP contribution < -0.4 is 0 Å². The van der Waals surface area contributed by atoms with Gasteiger partial charge in [0, 0.05) is 25.3 Å². The van der Waals surface area contributed by atoms with Crippen LogP contribution in [0.1, 0.15) is 49.9 Å². The van der Waals surface area contributed by atoms with Crippen LogP contribution in [-0.4, -0.2) is 45.9 Å². The van der Waals surface area contributed by atoms with E-state index in [0.717, 1.165) is 57.5 Å². The summed E-state index contributed by atoms with van der Waals surface area (Å²) in [6, 6.07) is 2.40. The molecule has 0 aliphatic carbocycles. The molecule has 2 fully saturated rings. The summed E-state index contributed by atoms with van der Waals surface area (Å²) in [7, 11) is 0. The Kier molecular flexibility index (Phi) is 4.81. The number of carbonyl (C=O) groups is 1. The van der Waals surface area contributed by atoms with Gasteiger partial charge in [0.25, 0.3) is 0 Å². The van der Waals surface area contributed by atoms with Crippen LogP contribution in [0.4, 0.5) is 0 Å². The first-order valence-corrected chi connectivity index (χ1v) is 8.55. The molecule has 2 aliphatic rings. The molecular weight excluding hydrogens is 278 g/mol. The van der Waals surface area contributed by atoms with Gasteiger partial charge in [0.1, 0.15) is 0 Å². The zero-order valence-corrected chi connectivity index (χ0v) is 13.8. The maximum atomic E-state index is 12.5. The van der Waals surface area contributed by atoms with E-state index in [1.54, 1.807) is 0 Å². The minimum atomic E-state index is 0.291. The van der Waals surface area contributed by atoms with Crippen molar-refractivity contribution in [3.05, 3.63) is 17.5 Å². The number of aryl methyl sites for hydroxylation is 2. The molecule has 122 valence electrons. The average molecular weight is 305 g/mol. The Morgan fingerprint density at radius 3 is 2.91 bits per heavy atom. The van der Waals surface area contributed by atoms with Crippen LogP contribution in [0.15, 0.2) is 6.07 Å². The number of aromatic nitrogens is 2. The van der Waals surface area contributed by atoms with E-state index in [1.807, 2.05) is 11.6 Å². The zero-order valence-electron chi connectivity index (χ0n) is 13.8. The molecule has 0 aromatic carbocycles. The molecule has 0 saturated carbocycles. The predicted molar refractivity (Wildman–Crippen MR) is 84.6 cm³/mol. The Morgan fingerprint density at radius 1 is 1.36 bits per heavy atom. The highest BCUT2D eigenvalue weighted by Crippen LogP contribution is 2.23. The maximum Gasteiger partial charge on any atom is 0.222 e. The van der Waals surface area contributed by atoms with E-state index < -0.39 is 0 Å². The Morgan fingerprint density at radius 2 is 2.23 bits per heavy atom. The summed E-state index contributed by atoms with van der Waals surface area (Å²) in [6.45, 7) is 6.68. The fourth-order valence-electron chi connectivity index (χ4n) is 3.71. The molecule has 3 rings (SSSR count). The second-order valence-corrected chi connectivity index (χ2v) is 6.67. The van der Waals surface area contributed by atoms with Crippen LogP contribution in [-0.2, 0) is 16.1 Å². The van der Waals surface area contributed by atoms with Gasteiger partial charge in [-0.1, -0.05) is 0 Å². The highest BCUT2D eigenvalue weighted by atomic mass is 16.5. The molecule has 1 aromatic heterocycles. The summed E-state index contributed by atoms with van der Waals surface area (Å²) < 4.78 is 7.67. The smallest absolute Gasteiger partial charge is 0.222 e. The third-order valence-electron chi connectivity index (χ3n) is 4.89. The van der Waals surface area contributed by atoms with Crippen molar-refractivity contribution in [1.82, 2.24) is 14.7 Å². The molecule has 2 saturated heterocycles. The topological polar surface area (TPSA) is 47.4 Å². The molecular formula is C17H27N3O2. The lowest BCUT2D eigenvalue weighted by Crippen LogP contribution is -2.38. The lowest BCUT2D eigenvalue weighted by Gasteiger charge is -2.25. The van der Waals surface area contributed by atoms with E-state index in [-0.39, 0.29) is 0 Å². The first-order valence-electron chi connectivity index (χ1n) is 8.55. The lowest BCUT2D eigenvalue weighted by atomic mass is 10.1. The first kappa shape index (κ1) is 15.5. The van der Waals surface area contributed by atoms with E-state index in [4.69, 9.17) is 4.74 Å². The summed E-state index contributed by atoms with van der Waals surface area (Å²) in [6.07, 6.45) is 6.26. The van der Waals surface area contributed by atoms with E-state index in [1.165, 1.54) is 5.69 Å². The van der Waals surface area contributed by atoms with Crippen LogP contribution in [0, 0.1) is 13.8 Å². The summed E-state index contributed by atoms with van der Waals surface area (Å²) in [5, 5.41) is 4.54. The SMILES string of the molecule is Cc1cc(C)n(C[C@H]2CCCN2C(=O)CC[C@H]2CCCO2)n1. The quantitative estimate of drug-likeness (QED) is 0.839. The molecule has 1 amide bonds. The van der Waals surface area contributed by atoms with Crippen LogP contribution in [0.5, 0.6) is 0 Å². The molecule has 5 nitrogen and oxygen atoms in total. The number of rotatable bonds is 5. The summed E-state index contributed by atoms with van der Waals surface area (Å²) in [5.74, 6) is 0.291. The minimum absolute atomic E-state index is 0.291. The molecule has 1 aromatic rings. The number of amides is 1. The van der Waals surface area contributed by atoms with Crippen molar-refractivity contribution in [2.24, 2.45) is 0 Å². The molecule has 0 N–H and O–H groups in total. The molecule has 0 radical (unpaired) electrons. The second-order valence-electron chi connectivity index (χ2n) is 6.67. The van der Waals surface area contributed by atoms with E-state index >= 15 is 0 Å². The zero-order chi connectivity index (χ0) is 15.5. The number of nitrogens with zero attached hydrogens (tertiary/aromatic N) is 3. The highest BCUT2D eigenvalue weighted by molar-refractivity contribution is 5.76. The van der Waals surface area contributed by atoms with Crippen LogP contribution in [0.3, 0.4) is 0 Å². The Balaban J connectivity index is 1.55. The van der Waals surface area contributed by atoms with Gasteiger partial charge in [-0.05, 0) is 52.0 Å². The van der Waals surface area contributed by atoms with Gasteiger partial charge >= 0.3 is 0 Å². The van der Waals surface area contributed by atoms with Gasteiger partial charge in [-0.2, -0.15) is 5.10 Å². The summed E-state index contributed by atoms with van der Waals surface area (Å²) in [4.78, 5) is 14.6. The number of likely N-dealkylation sites (tertiary alicyclic amines) is 1. The molecule has 0 unspecified atom stereocenters. The van der Waals surface area contributed by atoms with Crippen molar-refractivity contribution in [3.8, 4) is 0 Å². The molecule has 0 bridgehead atoms. The van der Waals surface area contributed by atoms with Gasteiger partial charge in [-0.25, -0.2) is 0 Å². The van der Waals surface area contributed by atoms with Crippen molar-refractivity contribution in [3.63, 3.8) is 0 Å². The van der Waals surface area contributed by atoms with Gasteiger partial charge in [0.2, 0.25) is 5.91 Å². The molecule has 3 heterocycles. The van der Waals surface area contributed by atoms with Crippen molar-refractivity contribution in [2.45, 2.75) is 71.1 Å². The Labute approximate surface area is 132 Å². The summed E-state index contributed by atoms with van der Waals surface area (Å²) >= 11 is 0. The fraction of sp³-hybridized carbons (Fsp3) is 0.765. The highest BCUT2D eigenvalue weighted by Gasteiger charge is 2.30. The van der Waals surface area contributed by atoms with Crippen LogP contribution in [0.25, 0.3) is 0 Å². The van der Waals surface area contributed by atoms with Crippen LogP contribution in [0.2, 0.25) is 0 Å². The molecule has 22 heavy (non-hydrogen) atoms. The van der Waals surface area contributed by atoms with E-state index in [0.29, 0.717) is 24.5 Å². The molecule has 2 aliphatic heterocycles. The van der Waals surface area contributed by atoms with Gasteiger partial charge in [-0.15, -0.1) is 0 Å². The van der Waals surface area contributed by atoms with Gasteiger partial charge in [0.15, 0.2) is 0 Å². The number of carbonyl (C=O) groups excluding carboxylic acids is 1. The van der Waals surface area contributed by atoms with Crippen molar-refractivity contribution in [1.29, 1.82) is 0 Å². The number of hydrogen-bond acceptors (Lipinski definition) is 3. The van der Waals surface area contributed by atoms with Gasteiger partial charge in [0.05, 0.1) is 24.4 Å². The monoisotopic (exact) mass is 305 g/mol. The molecule has 5 heteroatoms. The maximum absolute atomic E-state index is 12.5. The second kappa shape index (κ2) is 6.82. The fourth-order valence-corrected chi connectivity index (χ4v) is 3.71. The normalized spacial score (nSPS) is 25.1. The van der Waals surface area contributed by atoms with Gasteiger partial charge in [-0.3, -0.25) is 9.48 Å².